The Morgan fingerprint density at radius 1 is 1.33 bits per heavy atom. The highest BCUT2D eigenvalue weighted by atomic mass is 32.2. The van der Waals surface area contributed by atoms with Gasteiger partial charge in [-0.3, -0.25) is 14.9 Å². The Balaban J connectivity index is 1.83. The van der Waals surface area contributed by atoms with E-state index in [2.05, 4.69) is 31.1 Å². The van der Waals surface area contributed by atoms with Crippen molar-refractivity contribution in [3.8, 4) is 0 Å². The first-order valence-electron chi connectivity index (χ1n) is 7.96. The highest BCUT2D eigenvalue weighted by Gasteiger charge is 2.34. The number of carbonyl (C=O) groups excluding carboxylic acids is 2. The Morgan fingerprint density at radius 2 is 2.08 bits per heavy atom. The number of thioether (sulfide) groups is 1. The van der Waals surface area contributed by atoms with Gasteiger partial charge in [0.2, 0.25) is 0 Å². The van der Waals surface area contributed by atoms with E-state index < -0.39 is 0 Å². The monoisotopic (exact) mass is 360 g/mol. The van der Waals surface area contributed by atoms with Crippen LogP contribution in [0.5, 0.6) is 0 Å². The summed E-state index contributed by atoms with van der Waals surface area (Å²) < 4.78 is 0. The predicted molar refractivity (Wildman–Crippen MR) is 99.3 cm³/mol. The number of hydrogen-bond acceptors (Lipinski definition) is 5. The first kappa shape index (κ1) is 17.2. The minimum atomic E-state index is -0.177. The van der Waals surface area contributed by atoms with E-state index in [0.717, 1.165) is 22.8 Å². The summed E-state index contributed by atoms with van der Waals surface area (Å²) in [5.41, 5.74) is 1.39. The lowest BCUT2D eigenvalue weighted by Gasteiger charge is -2.26. The van der Waals surface area contributed by atoms with Gasteiger partial charge in [-0.2, -0.15) is 0 Å². The van der Waals surface area contributed by atoms with Gasteiger partial charge in [-0.05, 0) is 29.7 Å². The average Bonchev–Trinajstić information content (AvgIpc) is 2.89. The number of carbonyl (C=O) groups is 2. The van der Waals surface area contributed by atoms with Crippen LogP contribution in [0.15, 0.2) is 29.2 Å². The molecule has 0 radical (unpaired) electrons. The van der Waals surface area contributed by atoms with Crippen molar-refractivity contribution < 1.29 is 9.59 Å². The summed E-state index contributed by atoms with van der Waals surface area (Å²) >= 11 is 2.92. The van der Waals surface area contributed by atoms with E-state index in [1.165, 1.54) is 11.3 Å². The Kier molecular flexibility index (Phi) is 4.78. The second-order valence-corrected chi connectivity index (χ2v) is 8.92. The Morgan fingerprint density at radius 3 is 2.83 bits per heavy atom. The summed E-state index contributed by atoms with van der Waals surface area (Å²) in [6, 6.07) is 7.54. The molecule has 1 aliphatic carbocycles. The molecule has 126 valence electrons. The van der Waals surface area contributed by atoms with Crippen LogP contribution in [0.1, 0.15) is 52.9 Å². The van der Waals surface area contributed by atoms with Gasteiger partial charge in [0.1, 0.15) is 0 Å². The topological polar surface area (TPSA) is 59.1 Å². The second-order valence-electron chi connectivity index (χ2n) is 6.62. The lowest BCUT2D eigenvalue weighted by atomic mass is 9.78. The third-order valence-electron chi connectivity index (χ3n) is 3.89. The van der Waals surface area contributed by atoms with E-state index in [0.29, 0.717) is 22.0 Å². The van der Waals surface area contributed by atoms with Gasteiger partial charge < -0.3 is 0 Å². The molecule has 1 aromatic heterocycles. The molecule has 0 saturated carbocycles. The number of anilines is 1. The maximum Gasteiger partial charge on any atom is 0.258 e. The zero-order valence-electron chi connectivity index (χ0n) is 14.0. The van der Waals surface area contributed by atoms with Crippen molar-refractivity contribution in [3.63, 3.8) is 0 Å². The number of nitrogens with zero attached hydrogens (tertiary/aromatic N) is 1. The molecule has 0 unspecified atom stereocenters. The van der Waals surface area contributed by atoms with Crippen molar-refractivity contribution in [1.82, 2.24) is 4.98 Å². The van der Waals surface area contributed by atoms with Crippen molar-refractivity contribution in [2.45, 2.75) is 38.5 Å². The summed E-state index contributed by atoms with van der Waals surface area (Å²) in [7, 11) is 0. The molecule has 4 nitrogen and oxygen atoms in total. The van der Waals surface area contributed by atoms with Gasteiger partial charge in [0.05, 0.1) is 16.1 Å². The van der Waals surface area contributed by atoms with Crippen LogP contribution in [0.25, 0.3) is 0 Å². The smallest absolute Gasteiger partial charge is 0.258 e. The molecule has 6 heteroatoms. The van der Waals surface area contributed by atoms with Gasteiger partial charge in [0.15, 0.2) is 10.9 Å². The number of hydrogen-bond donors (Lipinski definition) is 1. The zero-order valence-corrected chi connectivity index (χ0v) is 15.6. The summed E-state index contributed by atoms with van der Waals surface area (Å²) in [5, 5.41) is 3.37. The Hall–Kier alpha value is -1.66. The summed E-state index contributed by atoms with van der Waals surface area (Å²) in [5.74, 6) is 0.852. The van der Waals surface area contributed by atoms with Gasteiger partial charge in [0.25, 0.3) is 5.91 Å². The molecule has 1 amide bonds. The highest BCUT2D eigenvalue weighted by molar-refractivity contribution is 7.99. The number of ketones is 1. The summed E-state index contributed by atoms with van der Waals surface area (Å²) in [4.78, 5) is 31.0. The fourth-order valence-corrected chi connectivity index (χ4v) is 4.59. The molecule has 0 spiro atoms. The molecule has 0 fully saturated rings. The molecule has 0 bridgehead atoms. The number of benzene rings is 1. The quantitative estimate of drug-likeness (QED) is 0.806. The first-order chi connectivity index (χ1) is 11.4. The zero-order chi connectivity index (χ0) is 17.3. The number of fused-ring (bicyclic) bond motifs is 1. The minimum absolute atomic E-state index is 0.0657. The molecular weight excluding hydrogens is 340 g/mol. The molecule has 1 N–H and O–H groups in total. The summed E-state index contributed by atoms with van der Waals surface area (Å²) in [6.45, 7) is 6.20. The van der Waals surface area contributed by atoms with Crippen LogP contribution in [-0.2, 0) is 6.42 Å². The second kappa shape index (κ2) is 6.69. The minimum Gasteiger partial charge on any atom is -0.298 e. The Labute approximate surface area is 150 Å². The highest BCUT2D eigenvalue weighted by Crippen LogP contribution is 2.38. The van der Waals surface area contributed by atoms with E-state index in [1.54, 1.807) is 11.8 Å². The standard InChI is InChI=1S/C18H20N2O2S2/c1-4-23-14-8-6-5-7-11(14)16(22)20-17-19-12-9-18(2,3)10-13(21)15(12)24-17/h5-8H,4,9-10H2,1-3H3,(H,19,20,22). The molecule has 1 heterocycles. The molecule has 0 atom stereocenters. The van der Waals surface area contributed by atoms with Gasteiger partial charge >= 0.3 is 0 Å². The normalized spacial score (nSPS) is 15.9. The first-order valence-corrected chi connectivity index (χ1v) is 9.76. The molecule has 24 heavy (non-hydrogen) atoms. The fraction of sp³-hybridized carbons (Fsp3) is 0.389. The number of nitrogens with one attached hydrogen (secondary N) is 1. The van der Waals surface area contributed by atoms with E-state index >= 15 is 0 Å². The van der Waals surface area contributed by atoms with Crippen molar-refractivity contribution in [2.75, 3.05) is 11.1 Å². The maximum absolute atomic E-state index is 12.6. The van der Waals surface area contributed by atoms with Gasteiger partial charge in [-0.15, -0.1) is 11.8 Å². The van der Waals surface area contributed by atoms with Crippen LogP contribution < -0.4 is 5.32 Å². The number of thiazole rings is 1. The van der Waals surface area contributed by atoms with E-state index in [4.69, 9.17) is 0 Å². The molecule has 1 aliphatic rings. The lowest BCUT2D eigenvalue weighted by molar-refractivity contribution is 0.0915. The molecule has 0 saturated heterocycles. The molecule has 0 aliphatic heterocycles. The number of amides is 1. The van der Waals surface area contributed by atoms with Crippen LogP contribution in [0.4, 0.5) is 5.13 Å². The van der Waals surface area contributed by atoms with E-state index in [1.807, 2.05) is 24.3 Å². The van der Waals surface area contributed by atoms with Gasteiger partial charge in [-0.1, -0.05) is 44.2 Å². The van der Waals surface area contributed by atoms with Crippen LogP contribution in [0.2, 0.25) is 0 Å². The van der Waals surface area contributed by atoms with Crippen molar-refractivity contribution in [2.24, 2.45) is 5.41 Å². The number of rotatable bonds is 4. The number of Topliss-reactive ketones (excluding diaryl/α,β-unsaturated/α-hetero) is 1. The third kappa shape index (κ3) is 3.54. The SMILES string of the molecule is CCSc1ccccc1C(=O)Nc1nc2c(s1)C(=O)CC(C)(C)C2. The number of aromatic nitrogens is 1. The van der Waals surface area contributed by atoms with Crippen molar-refractivity contribution in [1.29, 1.82) is 0 Å². The molecular formula is C18H20N2O2S2. The van der Waals surface area contributed by atoms with E-state index in [-0.39, 0.29) is 17.1 Å². The summed E-state index contributed by atoms with van der Waals surface area (Å²) in [6.07, 6.45) is 1.30. The van der Waals surface area contributed by atoms with Crippen LogP contribution >= 0.6 is 23.1 Å². The maximum atomic E-state index is 12.6. The molecule has 2 aromatic rings. The van der Waals surface area contributed by atoms with E-state index in [9.17, 15) is 9.59 Å². The van der Waals surface area contributed by atoms with Crippen LogP contribution in [-0.4, -0.2) is 22.4 Å². The largest absolute Gasteiger partial charge is 0.298 e. The van der Waals surface area contributed by atoms with Gasteiger partial charge in [0, 0.05) is 11.3 Å². The van der Waals surface area contributed by atoms with Gasteiger partial charge in [-0.25, -0.2) is 4.98 Å². The third-order valence-corrected chi connectivity index (χ3v) is 5.90. The molecule has 1 aromatic carbocycles. The lowest BCUT2D eigenvalue weighted by Crippen LogP contribution is -2.26. The van der Waals surface area contributed by atoms with Crippen LogP contribution in [0, 0.1) is 5.41 Å². The van der Waals surface area contributed by atoms with Crippen LogP contribution in [0.3, 0.4) is 0 Å². The van der Waals surface area contributed by atoms with Crippen molar-refractivity contribution >= 4 is 39.9 Å². The molecule has 3 rings (SSSR count). The Bertz CT molecular complexity index is 796. The van der Waals surface area contributed by atoms with Crippen molar-refractivity contribution in [3.05, 3.63) is 40.4 Å². The fourth-order valence-electron chi connectivity index (χ4n) is 2.87. The predicted octanol–water partition coefficient (Wildman–Crippen LogP) is 4.66. The average molecular weight is 361 g/mol.